The van der Waals surface area contributed by atoms with Crippen LogP contribution in [0, 0.1) is 5.92 Å². The quantitative estimate of drug-likeness (QED) is 0.826. The summed E-state index contributed by atoms with van der Waals surface area (Å²) in [7, 11) is 0. The number of hydrogen-bond acceptors (Lipinski definition) is 3. The van der Waals surface area contributed by atoms with Crippen molar-refractivity contribution in [1.29, 1.82) is 0 Å². The highest BCUT2D eigenvalue weighted by atomic mass is 16.6. The largest absolute Gasteiger partial charge is 0.444 e. The van der Waals surface area contributed by atoms with Gasteiger partial charge in [-0.25, -0.2) is 4.79 Å². The van der Waals surface area contributed by atoms with Crippen LogP contribution in [-0.2, 0) is 9.53 Å². The van der Waals surface area contributed by atoms with Crippen LogP contribution in [0.3, 0.4) is 0 Å². The van der Waals surface area contributed by atoms with Crippen LogP contribution in [0.25, 0.3) is 0 Å². The lowest BCUT2D eigenvalue weighted by atomic mass is 9.97. The molecule has 0 aromatic rings. The third-order valence-corrected chi connectivity index (χ3v) is 2.91. The van der Waals surface area contributed by atoms with E-state index in [9.17, 15) is 9.59 Å². The maximum Gasteiger partial charge on any atom is 0.407 e. The molecule has 4 nitrogen and oxygen atoms in total. The summed E-state index contributed by atoms with van der Waals surface area (Å²) < 4.78 is 5.22. The molecule has 2 atom stereocenters. The number of ether oxygens (including phenoxy) is 1. The van der Waals surface area contributed by atoms with Gasteiger partial charge in [-0.2, -0.15) is 0 Å². The predicted molar refractivity (Wildman–Crippen MR) is 65.8 cm³/mol. The van der Waals surface area contributed by atoms with Crippen molar-refractivity contribution in [1.82, 2.24) is 5.32 Å². The zero-order chi connectivity index (χ0) is 13.1. The fourth-order valence-electron chi connectivity index (χ4n) is 2.30. The van der Waals surface area contributed by atoms with Crippen molar-refractivity contribution in [3.63, 3.8) is 0 Å². The summed E-state index contributed by atoms with van der Waals surface area (Å²) in [6.45, 7) is 7.12. The Morgan fingerprint density at radius 1 is 1.29 bits per heavy atom. The van der Waals surface area contributed by atoms with Gasteiger partial charge in [-0.05, 0) is 46.5 Å². The second-order valence-electron chi connectivity index (χ2n) is 5.85. The first-order valence-electron chi connectivity index (χ1n) is 6.27. The third kappa shape index (κ3) is 5.20. The van der Waals surface area contributed by atoms with E-state index in [2.05, 4.69) is 5.32 Å². The number of carbonyl (C=O) groups excluding carboxylic acids is 2. The van der Waals surface area contributed by atoms with Gasteiger partial charge in [0.05, 0.1) is 0 Å². The molecule has 17 heavy (non-hydrogen) atoms. The molecule has 0 bridgehead atoms. The maximum absolute atomic E-state index is 11.6. The fraction of sp³-hybridized carbons (Fsp3) is 0.846. The summed E-state index contributed by atoms with van der Waals surface area (Å²) in [4.78, 5) is 22.7. The van der Waals surface area contributed by atoms with Gasteiger partial charge in [0, 0.05) is 12.5 Å². The van der Waals surface area contributed by atoms with E-state index < -0.39 is 5.60 Å². The van der Waals surface area contributed by atoms with Gasteiger partial charge < -0.3 is 14.8 Å². The highest BCUT2D eigenvalue weighted by Crippen LogP contribution is 2.28. The van der Waals surface area contributed by atoms with Crippen molar-refractivity contribution in [2.24, 2.45) is 5.92 Å². The van der Waals surface area contributed by atoms with Gasteiger partial charge in [0.15, 0.2) is 0 Å². The van der Waals surface area contributed by atoms with E-state index in [1.165, 1.54) is 0 Å². The van der Waals surface area contributed by atoms with Crippen LogP contribution in [0.4, 0.5) is 4.79 Å². The number of alkyl carbamates (subject to hydrolysis) is 1. The van der Waals surface area contributed by atoms with Crippen molar-refractivity contribution in [3.05, 3.63) is 0 Å². The van der Waals surface area contributed by atoms with E-state index in [1.807, 2.05) is 20.8 Å². The molecule has 1 N–H and O–H groups in total. The lowest BCUT2D eigenvalue weighted by Gasteiger charge is -2.24. The number of amides is 1. The summed E-state index contributed by atoms with van der Waals surface area (Å²) in [6, 6.07) is 0.0914. The molecular formula is C13H23NO3. The molecule has 1 fully saturated rings. The van der Waals surface area contributed by atoms with Crippen LogP contribution >= 0.6 is 0 Å². The molecule has 0 spiro atoms. The van der Waals surface area contributed by atoms with Crippen LogP contribution in [0.15, 0.2) is 0 Å². The first-order chi connectivity index (χ1) is 7.78. The minimum absolute atomic E-state index is 0.0914. The van der Waals surface area contributed by atoms with Gasteiger partial charge in [0.2, 0.25) is 0 Å². The van der Waals surface area contributed by atoms with E-state index in [1.54, 1.807) is 6.92 Å². The molecular weight excluding hydrogens is 218 g/mol. The van der Waals surface area contributed by atoms with Crippen molar-refractivity contribution in [3.8, 4) is 0 Å². The maximum atomic E-state index is 11.6. The molecule has 1 amide bonds. The Kier molecular flexibility index (Phi) is 4.54. The Morgan fingerprint density at radius 3 is 2.47 bits per heavy atom. The van der Waals surface area contributed by atoms with Gasteiger partial charge in [0.25, 0.3) is 0 Å². The topological polar surface area (TPSA) is 55.4 Å². The molecule has 0 heterocycles. The monoisotopic (exact) mass is 241 g/mol. The molecule has 4 heteroatoms. The van der Waals surface area contributed by atoms with E-state index in [4.69, 9.17) is 4.74 Å². The molecule has 1 aliphatic rings. The normalized spacial score (nSPS) is 24.5. The van der Waals surface area contributed by atoms with Crippen LogP contribution in [0.1, 0.15) is 53.4 Å². The number of nitrogens with one attached hydrogen (secondary N) is 1. The predicted octanol–water partition coefficient (Wildman–Crippen LogP) is 2.66. The van der Waals surface area contributed by atoms with E-state index in [0.717, 1.165) is 19.3 Å². The Balaban J connectivity index is 2.44. The molecule has 0 saturated heterocycles. The fourth-order valence-corrected chi connectivity index (χ4v) is 2.30. The van der Waals surface area contributed by atoms with Gasteiger partial charge in [-0.1, -0.05) is 6.42 Å². The van der Waals surface area contributed by atoms with E-state index >= 15 is 0 Å². The third-order valence-electron chi connectivity index (χ3n) is 2.91. The molecule has 1 rings (SSSR count). The molecule has 0 aliphatic heterocycles. The zero-order valence-corrected chi connectivity index (χ0v) is 11.2. The van der Waals surface area contributed by atoms with Crippen LogP contribution in [0.2, 0.25) is 0 Å². The van der Waals surface area contributed by atoms with E-state index in [0.29, 0.717) is 6.42 Å². The number of carbonyl (C=O) groups is 2. The highest BCUT2D eigenvalue weighted by Gasteiger charge is 2.30. The van der Waals surface area contributed by atoms with Crippen LogP contribution < -0.4 is 5.32 Å². The zero-order valence-electron chi connectivity index (χ0n) is 11.2. The van der Waals surface area contributed by atoms with E-state index in [-0.39, 0.29) is 23.8 Å². The average molecular weight is 241 g/mol. The van der Waals surface area contributed by atoms with Crippen molar-refractivity contribution in [2.45, 2.75) is 65.0 Å². The number of rotatable bonds is 3. The average Bonchev–Trinajstić information content (AvgIpc) is 2.47. The molecule has 0 aromatic heterocycles. The van der Waals surface area contributed by atoms with Gasteiger partial charge in [-0.15, -0.1) is 0 Å². The summed E-state index contributed by atoms with van der Waals surface area (Å²) in [5.74, 6) is 0.466. The molecule has 0 aromatic carbocycles. The molecule has 0 unspecified atom stereocenters. The van der Waals surface area contributed by atoms with Crippen molar-refractivity contribution >= 4 is 11.9 Å². The van der Waals surface area contributed by atoms with Gasteiger partial charge in [0.1, 0.15) is 11.4 Å². The molecule has 1 aliphatic carbocycles. The second kappa shape index (κ2) is 5.52. The standard InChI is InChI=1S/C13H23NO3/c1-9(15)8-10-6-5-7-11(10)14-12(16)17-13(2,3)4/h10-11H,5-8H2,1-4H3,(H,14,16)/t10-,11+/m0/s1. The Hall–Kier alpha value is -1.06. The summed E-state index contributed by atoms with van der Waals surface area (Å²) in [5, 5.41) is 2.88. The smallest absolute Gasteiger partial charge is 0.407 e. The Bertz CT molecular complexity index is 294. The molecule has 0 radical (unpaired) electrons. The highest BCUT2D eigenvalue weighted by molar-refractivity contribution is 5.76. The Labute approximate surface area is 103 Å². The van der Waals surface area contributed by atoms with Crippen molar-refractivity contribution < 1.29 is 14.3 Å². The first kappa shape index (κ1) is 14.0. The lowest BCUT2D eigenvalue weighted by molar-refractivity contribution is -0.118. The van der Waals surface area contributed by atoms with Gasteiger partial charge >= 0.3 is 6.09 Å². The van der Waals surface area contributed by atoms with Gasteiger partial charge in [-0.3, -0.25) is 0 Å². The minimum atomic E-state index is -0.473. The molecule has 98 valence electrons. The minimum Gasteiger partial charge on any atom is -0.444 e. The molecule has 1 saturated carbocycles. The summed E-state index contributed by atoms with van der Waals surface area (Å²) in [6.07, 6.45) is 3.20. The second-order valence-corrected chi connectivity index (χ2v) is 5.85. The Morgan fingerprint density at radius 2 is 1.94 bits per heavy atom. The lowest BCUT2D eigenvalue weighted by Crippen LogP contribution is -2.41. The summed E-state index contributed by atoms with van der Waals surface area (Å²) >= 11 is 0. The first-order valence-corrected chi connectivity index (χ1v) is 6.27. The number of Topliss-reactive ketones (excluding diaryl/α,β-unsaturated/α-hetero) is 1. The van der Waals surface area contributed by atoms with Crippen LogP contribution in [0.5, 0.6) is 0 Å². The SMILES string of the molecule is CC(=O)C[C@@H]1CCC[C@H]1NC(=O)OC(C)(C)C. The number of hydrogen-bond donors (Lipinski definition) is 1. The summed E-state index contributed by atoms with van der Waals surface area (Å²) in [5.41, 5.74) is -0.473. The van der Waals surface area contributed by atoms with Crippen molar-refractivity contribution in [2.75, 3.05) is 0 Å². The van der Waals surface area contributed by atoms with Crippen LogP contribution in [-0.4, -0.2) is 23.5 Å². The number of ketones is 1.